The van der Waals surface area contributed by atoms with Crippen molar-refractivity contribution in [3.8, 4) is 0 Å². The van der Waals surface area contributed by atoms with Crippen LogP contribution in [0.5, 0.6) is 0 Å². The molecule has 0 aliphatic rings. The maximum Gasteiger partial charge on any atom is 0.472 e. The molecule has 1 unspecified atom stereocenters. The van der Waals surface area contributed by atoms with Gasteiger partial charge in [0.05, 0.1) is 25.4 Å². The zero-order chi connectivity index (χ0) is 36.5. The molecule has 0 radical (unpaired) electrons. The van der Waals surface area contributed by atoms with E-state index in [1.165, 1.54) is 25.7 Å². The van der Waals surface area contributed by atoms with Gasteiger partial charge in [0, 0.05) is 13.0 Å². The third-order valence-corrected chi connectivity index (χ3v) is 9.61. The largest absolute Gasteiger partial charge is 0.472 e. The van der Waals surface area contributed by atoms with Crippen molar-refractivity contribution >= 4 is 13.8 Å². The SMILES string of the molecule is CCCCC/C=C\C/C=C\CCCCCCCC(=O)O[C@@H](CO)COP(=O)(O)OCCNC(c1ccccc1)(c1ccccc1)c1ccccc1. The van der Waals surface area contributed by atoms with Gasteiger partial charge >= 0.3 is 13.8 Å². The average Bonchev–Trinajstić information content (AvgIpc) is 3.16. The van der Waals surface area contributed by atoms with Crippen LogP contribution in [0, 0.1) is 0 Å². The third-order valence-electron chi connectivity index (χ3n) is 8.62. The van der Waals surface area contributed by atoms with Crippen LogP contribution in [0.25, 0.3) is 0 Å². The van der Waals surface area contributed by atoms with Crippen molar-refractivity contribution in [3.05, 3.63) is 132 Å². The van der Waals surface area contributed by atoms with Gasteiger partial charge in [0.15, 0.2) is 0 Å². The smallest absolute Gasteiger partial charge is 0.457 e. The fourth-order valence-corrected chi connectivity index (χ4v) is 6.69. The van der Waals surface area contributed by atoms with Crippen molar-refractivity contribution in [2.45, 2.75) is 95.6 Å². The molecule has 0 bridgehead atoms. The normalized spacial score (nSPS) is 13.8. The highest BCUT2D eigenvalue weighted by Crippen LogP contribution is 2.43. The van der Waals surface area contributed by atoms with Crippen molar-refractivity contribution in [1.29, 1.82) is 0 Å². The number of ether oxygens (including phenoxy) is 1. The van der Waals surface area contributed by atoms with Crippen LogP contribution in [0.3, 0.4) is 0 Å². The van der Waals surface area contributed by atoms with E-state index in [4.69, 9.17) is 13.8 Å². The zero-order valence-electron chi connectivity index (χ0n) is 30.2. The molecule has 3 rings (SSSR count). The number of nitrogens with one attached hydrogen (secondary N) is 1. The molecule has 9 heteroatoms. The van der Waals surface area contributed by atoms with Crippen LogP contribution in [-0.4, -0.2) is 48.4 Å². The number of allylic oxidation sites excluding steroid dienone is 4. The molecule has 0 saturated heterocycles. The quantitative estimate of drug-likeness (QED) is 0.0235. The minimum absolute atomic E-state index is 0.140. The number of phosphoric ester groups is 1. The molecule has 0 aromatic heterocycles. The van der Waals surface area contributed by atoms with Gasteiger partial charge in [0.25, 0.3) is 0 Å². The molecule has 0 aliphatic carbocycles. The number of carbonyl (C=O) groups is 1. The van der Waals surface area contributed by atoms with E-state index < -0.39 is 38.6 Å². The van der Waals surface area contributed by atoms with Gasteiger partial charge in [-0.2, -0.15) is 0 Å². The summed E-state index contributed by atoms with van der Waals surface area (Å²) in [5.74, 6) is -0.472. The Morgan fingerprint density at radius 2 is 1.25 bits per heavy atom. The summed E-state index contributed by atoms with van der Waals surface area (Å²) < 4.78 is 28.4. The lowest BCUT2D eigenvalue weighted by molar-refractivity contribution is -0.153. The predicted octanol–water partition coefficient (Wildman–Crippen LogP) is 9.42. The van der Waals surface area contributed by atoms with Crippen molar-refractivity contribution in [2.24, 2.45) is 0 Å². The van der Waals surface area contributed by atoms with E-state index in [9.17, 15) is 19.4 Å². The molecule has 0 aliphatic heterocycles. The van der Waals surface area contributed by atoms with Crippen LogP contribution < -0.4 is 5.32 Å². The summed E-state index contributed by atoms with van der Waals surface area (Å²) in [7, 11) is -4.50. The number of aliphatic hydroxyl groups excluding tert-OH is 1. The van der Waals surface area contributed by atoms with Gasteiger partial charge in [-0.15, -0.1) is 0 Å². The predicted molar refractivity (Wildman–Crippen MR) is 205 cm³/mol. The first-order chi connectivity index (χ1) is 24.9. The van der Waals surface area contributed by atoms with Gasteiger partial charge in [-0.05, 0) is 55.2 Å². The topological polar surface area (TPSA) is 114 Å². The Bertz CT molecular complexity index is 1350. The van der Waals surface area contributed by atoms with Gasteiger partial charge in [0.1, 0.15) is 6.10 Å². The Morgan fingerprint density at radius 3 is 1.78 bits per heavy atom. The molecule has 0 spiro atoms. The van der Waals surface area contributed by atoms with E-state index in [1.807, 2.05) is 91.0 Å². The Kier molecular flexibility index (Phi) is 20.4. The van der Waals surface area contributed by atoms with E-state index >= 15 is 0 Å². The zero-order valence-corrected chi connectivity index (χ0v) is 31.1. The molecule has 3 aromatic carbocycles. The van der Waals surface area contributed by atoms with Gasteiger partial charge in [-0.25, -0.2) is 4.57 Å². The third kappa shape index (κ3) is 15.8. The Balaban J connectivity index is 1.37. The molecule has 0 amide bonds. The van der Waals surface area contributed by atoms with Gasteiger partial charge in [-0.1, -0.05) is 154 Å². The lowest BCUT2D eigenvalue weighted by Crippen LogP contribution is -2.46. The van der Waals surface area contributed by atoms with E-state index in [1.54, 1.807) is 0 Å². The lowest BCUT2D eigenvalue weighted by atomic mass is 9.77. The summed E-state index contributed by atoms with van der Waals surface area (Å²) in [6.45, 7) is 1.28. The minimum Gasteiger partial charge on any atom is -0.457 e. The molecule has 0 saturated carbocycles. The van der Waals surface area contributed by atoms with Gasteiger partial charge in [0.2, 0.25) is 0 Å². The number of phosphoric acid groups is 1. The highest BCUT2D eigenvalue weighted by atomic mass is 31.2. The first-order valence-electron chi connectivity index (χ1n) is 18.5. The van der Waals surface area contributed by atoms with Crippen molar-refractivity contribution in [3.63, 3.8) is 0 Å². The molecule has 3 N–H and O–H groups in total. The number of aliphatic hydroxyl groups is 1. The Hall–Kier alpha value is -3.36. The standard InChI is InChI=1S/C42H58NO7P/c1-2-3-4-5-6-7-8-9-10-11-12-13-14-15-25-32-41(45)50-40(35-44)36-49-51(46,47)48-34-33-43-42(37-26-19-16-20-27-37,38-28-21-17-22-29-38)39-30-23-18-24-31-39/h6-7,9-10,16-24,26-31,40,43-44H,2-5,8,11-15,25,32-36H2,1H3,(H,46,47)/b7-6-,10-9-/t40-/m0/s1. The van der Waals surface area contributed by atoms with Gasteiger partial charge in [-0.3, -0.25) is 19.2 Å². The summed E-state index contributed by atoms with van der Waals surface area (Å²) in [6.07, 6.45) is 20.0. The van der Waals surface area contributed by atoms with Crippen LogP contribution in [0.4, 0.5) is 0 Å². The number of carbonyl (C=O) groups excluding carboxylic acids is 1. The van der Waals surface area contributed by atoms with Gasteiger partial charge < -0.3 is 14.7 Å². The molecular weight excluding hydrogens is 661 g/mol. The molecular formula is C42H58NO7P. The van der Waals surface area contributed by atoms with Crippen LogP contribution >= 0.6 is 7.82 Å². The van der Waals surface area contributed by atoms with Crippen molar-refractivity contribution in [1.82, 2.24) is 5.32 Å². The highest BCUT2D eigenvalue weighted by Gasteiger charge is 2.36. The number of rotatable bonds is 27. The molecule has 2 atom stereocenters. The van der Waals surface area contributed by atoms with Crippen LogP contribution in [0.15, 0.2) is 115 Å². The first kappa shape index (κ1) is 42.1. The maximum absolute atomic E-state index is 12.7. The number of esters is 1. The number of hydrogen-bond acceptors (Lipinski definition) is 7. The van der Waals surface area contributed by atoms with E-state index in [2.05, 4.69) is 36.5 Å². The average molecular weight is 720 g/mol. The molecule has 278 valence electrons. The molecule has 3 aromatic rings. The summed E-state index contributed by atoms with van der Waals surface area (Å²) in [4.78, 5) is 22.7. The molecule has 0 fully saturated rings. The molecule has 0 heterocycles. The number of hydrogen-bond donors (Lipinski definition) is 3. The van der Waals surface area contributed by atoms with E-state index in [0.29, 0.717) is 6.42 Å². The minimum atomic E-state index is -4.50. The molecule has 8 nitrogen and oxygen atoms in total. The first-order valence-corrected chi connectivity index (χ1v) is 20.0. The monoisotopic (exact) mass is 719 g/mol. The fraction of sp³-hybridized carbons (Fsp3) is 0.452. The summed E-state index contributed by atoms with van der Waals surface area (Å²) in [5.41, 5.74) is 2.24. The second-order valence-corrected chi connectivity index (χ2v) is 14.1. The lowest BCUT2D eigenvalue weighted by Gasteiger charge is -2.37. The van der Waals surface area contributed by atoms with Crippen LogP contribution in [0.2, 0.25) is 0 Å². The highest BCUT2D eigenvalue weighted by molar-refractivity contribution is 7.47. The Labute approximate surface area is 305 Å². The number of benzene rings is 3. The summed E-state index contributed by atoms with van der Waals surface area (Å²) in [6, 6.07) is 30.0. The Morgan fingerprint density at radius 1 is 0.745 bits per heavy atom. The van der Waals surface area contributed by atoms with Crippen molar-refractivity contribution in [2.75, 3.05) is 26.4 Å². The second kappa shape index (κ2) is 24.8. The molecule has 51 heavy (non-hydrogen) atoms. The summed E-state index contributed by atoms with van der Waals surface area (Å²) in [5, 5.41) is 13.3. The second-order valence-electron chi connectivity index (χ2n) is 12.6. The van der Waals surface area contributed by atoms with E-state index in [0.717, 1.165) is 55.2 Å². The maximum atomic E-state index is 12.7. The van der Waals surface area contributed by atoms with E-state index in [-0.39, 0.29) is 19.6 Å². The summed E-state index contributed by atoms with van der Waals surface area (Å²) >= 11 is 0. The van der Waals surface area contributed by atoms with Crippen molar-refractivity contribution < 1.29 is 33.1 Å². The van der Waals surface area contributed by atoms with Crippen LogP contribution in [0.1, 0.15) is 101 Å². The number of unbranched alkanes of at least 4 members (excludes halogenated alkanes) is 8. The fourth-order valence-electron chi connectivity index (χ4n) is 5.93. The van der Waals surface area contributed by atoms with Crippen LogP contribution in [-0.2, 0) is 28.7 Å².